The number of hydrogen-bond donors (Lipinski definition) is 0. The number of aryl methyl sites for hydroxylation is 1. The van der Waals surface area contributed by atoms with Crippen LogP contribution in [-0.2, 0) is 25.5 Å². The van der Waals surface area contributed by atoms with E-state index in [9.17, 15) is 9.59 Å². The van der Waals surface area contributed by atoms with E-state index in [0.29, 0.717) is 23.5 Å². The van der Waals surface area contributed by atoms with Gasteiger partial charge < -0.3 is 18.5 Å². The van der Waals surface area contributed by atoms with Gasteiger partial charge in [-0.3, -0.25) is 0 Å². The molecule has 0 saturated heterocycles. The number of nitrogens with zero attached hydrogens (tertiary/aromatic N) is 3. The molecular formula is C20H23N3O5. The Kier molecular flexibility index (Phi) is 6.08. The van der Waals surface area contributed by atoms with Gasteiger partial charge in [-0.25, -0.2) is 9.59 Å². The molecule has 1 aromatic carbocycles. The topological polar surface area (TPSA) is 96.5 Å². The number of rotatable bonds is 8. The Labute approximate surface area is 162 Å². The van der Waals surface area contributed by atoms with E-state index in [-0.39, 0.29) is 19.1 Å². The van der Waals surface area contributed by atoms with Gasteiger partial charge in [-0.2, -0.15) is 0 Å². The van der Waals surface area contributed by atoms with Gasteiger partial charge in [0, 0.05) is 11.8 Å². The first-order chi connectivity index (χ1) is 13.6. The molecule has 8 nitrogen and oxygen atoms in total. The van der Waals surface area contributed by atoms with Crippen molar-refractivity contribution in [1.29, 1.82) is 0 Å². The molecule has 2 aromatic heterocycles. The number of ether oxygens (including phenoxy) is 2. The normalized spacial score (nSPS) is 11.1. The standard InChI is InChI=1S/C20H23N3O5/c1-4-9-16-21-22-18(28-16)15-12-13-10-7-8-11-14(13)23(15)17(19(24)26-5-2)20(25)27-6-3/h7-8,10-12,17H,4-6,9H2,1-3H3. The molecule has 8 heteroatoms. The van der Waals surface area contributed by atoms with Gasteiger partial charge in [-0.15, -0.1) is 10.2 Å². The van der Waals surface area contributed by atoms with Gasteiger partial charge in [0.1, 0.15) is 5.69 Å². The predicted octanol–water partition coefficient (Wildman–Crippen LogP) is 3.31. The molecule has 0 unspecified atom stereocenters. The minimum atomic E-state index is -1.31. The summed E-state index contributed by atoms with van der Waals surface area (Å²) in [6.45, 7) is 5.67. The fraction of sp³-hybridized carbons (Fsp3) is 0.400. The second-order valence-corrected chi connectivity index (χ2v) is 6.12. The molecule has 0 aliphatic rings. The zero-order valence-electron chi connectivity index (χ0n) is 16.2. The van der Waals surface area contributed by atoms with Gasteiger partial charge in [0.05, 0.1) is 18.7 Å². The molecule has 0 N–H and O–H groups in total. The van der Waals surface area contributed by atoms with Crippen LogP contribution >= 0.6 is 0 Å². The molecule has 0 bridgehead atoms. The Morgan fingerprint density at radius 3 is 2.39 bits per heavy atom. The number of aromatic nitrogens is 3. The Balaban J connectivity index is 2.20. The number of carbonyl (C=O) groups is 2. The van der Waals surface area contributed by atoms with Crippen molar-refractivity contribution in [3.05, 3.63) is 36.2 Å². The zero-order chi connectivity index (χ0) is 20.1. The monoisotopic (exact) mass is 385 g/mol. The van der Waals surface area contributed by atoms with E-state index in [1.54, 1.807) is 18.4 Å². The molecule has 3 rings (SSSR count). The van der Waals surface area contributed by atoms with Crippen molar-refractivity contribution in [3.8, 4) is 11.6 Å². The predicted molar refractivity (Wildman–Crippen MR) is 102 cm³/mol. The highest BCUT2D eigenvalue weighted by Crippen LogP contribution is 2.32. The Bertz CT molecular complexity index is 957. The summed E-state index contributed by atoms with van der Waals surface area (Å²) in [6.07, 6.45) is 1.51. The van der Waals surface area contributed by atoms with Crippen LogP contribution in [0.15, 0.2) is 34.7 Å². The number of fused-ring (bicyclic) bond motifs is 1. The van der Waals surface area contributed by atoms with E-state index in [2.05, 4.69) is 10.2 Å². The van der Waals surface area contributed by atoms with Gasteiger partial charge >= 0.3 is 11.9 Å². The van der Waals surface area contributed by atoms with Crippen molar-refractivity contribution in [2.75, 3.05) is 13.2 Å². The largest absolute Gasteiger partial charge is 0.464 e. The second kappa shape index (κ2) is 8.69. The van der Waals surface area contributed by atoms with Crippen molar-refractivity contribution in [2.24, 2.45) is 0 Å². The number of hydrogen-bond acceptors (Lipinski definition) is 7. The molecule has 3 aromatic rings. The lowest BCUT2D eigenvalue weighted by molar-refractivity contribution is -0.160. The van der Waals surface area contributed by atoms with Gasteiger partial charge in [-0.05, 0) is 32.4 Å². The van der Waals surface area contributed by atoms with Crippen LogP contribution in [0.3, 0.4) is 0 Å². The maximum absolute atomic E-state index is 12.7. The van der Waals surface area contributed by atoms with Gasteiger partial charge in [0.15, 0.2) is 0 Å². The number of carbonyl (C=O) groups excluding carboxylic acids is 2. The highest BCUT2D eigenvalue weighted by molar-refractivity contribution is 6.00. The molecule has 0 aliphatic carbocycles. The fourth-order valence-electron chi connectivity index (χ4n) is 3.04. The lowest BCUT2D eigenvalue weighted by Crippen LogP contribution is -2.31. The summed E-state index contributed by atoms with van der Waals surface area (Å²) in [5.41, 5.74) is 1.13. The van der Waals surface area contributed by atoms with Crippen LogP contribution in [0, 0.1) is 0 Å². The molecule has 28 heavy (non-hydrogen) atoms. The molecular weight excluding hydrogens is 362 g/mol. The highest BCUT2D eigenvalue weighted by Gasteiger charge is 2.35. The Hall–Kier alpha value is -3.16. The minimum Gasteiger partial charge on any atom is -0.464 e. The summed E-state index contributed by atoms with van der Waals surface area (Å²) in [6, 6.07) is 7.89. The molecule has 0 radical (unpaired) electrons. The van der Waals surface area contributed by atoms with E-state index in [0.717, 1.165) is 11.8 Å². The van der Waals surface area contributed by atoms with Crippen LogP contribution in [0.25, 0.3) is 22.5 Å². The maximum atomic E-state index is 12.7. The van der Waals surface area contributed by atoms with Crippen molar-refractivity contribution in [3.63, 3.8) is 0 Å². The molecule has 0 atom stereocenters. The van der Waals surface area contributed by atoms with Crippen LogP contribution in [0.5, 0.6) is 0 Å². The van der Waals surface area contributed by atoms with E-state index < -0.39 is 18.0 Å². The minimum absolute atomic E-state index is 0.143. The first-order valence-electron chi connectivity index (χ1n) is 9.36. The lowest BCUT2D eigenvalue weighted by atomic mass is 10.2. The number of esters is 2. The van der Waals surface area contributed by atoms with Gasteiger partial charge in [-0.1, -0.05) is 25.1 Å². The van der Waals surface area contributed by atoms with E-state index in [4.69, 9.17) is 13.9 Å². The summed E-state index contributed by atoms with van der Waals surface area (Å²) < 4.78 is 17.6. The molecule has 0 saturated carbocycles. The van der Waals surface area contributed by atoms with E-state index in [1.165, 1.54) is 0 Å². The van der Waals surface area contributed by atoms with Crippen LogP contribution in [0.1, 0.15) is 39.1 Å². The molecule has 0 spiro atoms. The van der Waals surface area contributed by atoms with Crippen molar-refractivity contribution >= 4 is 22.8 Å². The second-order valence-electron chi connectivity index (χ2n) is 6.12. The first-order valence-corrected chi connectivity index (χ1v) is 9.36. The van der Waals surface area contributed by atoms with Gasteiger partial charge in [0.2, 0.25) is 11.9 Å². The third-order valence-electron chi connectivity index (χ3n) is 4.18. The summed E-state index contributed by atoms with van der Waals surface area (Å²) in [4.78, 5) is 25.4. The van der Waals surface area contributed by atoms with Crippen LogP contribution in [-0.4, -0.2) is 39.9 Å². The number of benzene rings is 1. The average Bonchev–Trinajstić information content (AvgIpc) is 3.28. The SMILES string of the molecule is CCCc1nnc(-c2cc3ccccc3n2C(C(=O)OCC)C(=O)OCC)o1. The van der Waals surface area contributed by atoms with Crippen LogP contribution < -0.4 is 0 Å². The lowest BCUT2D eigenvalue weighted by Gasteiger charge is -2.19. The van der Waals surface area contributed by atoms with E-state index in [1.807, 2.05) is 37.3 Å². The molecule has 0 fully saturated rings. The molecule has 2 heterocycles. The smallest absolute Gasteiger partial charge is 0.340 e. The molecule has 0 aliphatic heterocycles. The van der Waals surface area contributed by atoms with Gasteiger partial charge in [0.25, 0.3) is 5.89 Å². The number of para-hydroxylation sites is 1. The zero-order valence-corrected chi connectivity index (χ0v) is 16.2. The fourth-order valence-corrected chi connectivity index (χ4v) is 3.04. The summed E-state index contributed by atoms with van der Waals surface area (Å²) >= 11 is 0. The van der Waals surface area contributed by atoms with Crippen LogP contribution in [0.2, 0.25) is 0 Å². The summed E-state index contributed by atoms with van der Waals surface area (Å²) in [7, 11) is 0. The summed E-state index contributed by atoms with van der Waals surface area (Å²) in [5.74, 6) is -0.662. The Morgan fingerprint density at radius 1 is 1.07 bits per heavy atom. The highest BCUT2D eigenvalue weighted by atomic mass is 16.6. The quantitative estimate of drug-likeness (QED) is 0.433. The third-order valence-corrected chi connectivity index (χ3v) is 4.18. The first kappa shape index (κ1) is 19.6. The Morgan fingerprint density at radius 2 is 1.75 bits per heavy atom. The molecule has 0 amide bonds. The maximum Gasteiger partial charge on any atom is 0.340 e. The summed E-state index contributed by atoms with van der Waals surface area (Å²) in [5, 5.41) is 8.99. The van der Waals surface area contributed by atoms with Crippen molar-refractivity contribution in [2.45, 2.75) is 39.7 Å². The van der Waals surface area contributed by atoms with E-state index >= 15 is 0 Å². The molecule has 148 valence electrons. The third kappa shape index (κ3) is 3.76. The average molecular weight is 385 g/mol. The van der Waals surface area contributed by atoms with Crippen molar-refractivity contribution < 1.29 is 23.5 Å². The van der Waals surface area contributed by atoms with Crippen molar-refractivity contribution in [1.82, 2.24) is 14.8 Å². The van der Waals surface area contributed by atoms with Crippen LogP contribution in [0.4, 0.5) is 0 Å².